The number of carbonyl (C=O) groups excluding carboxylic acids is 1. The van der Waals surface area contributed by atoms with E-state index in [9.17, 15) is 9.59 Å². The highest BCUT2D eigenvalue weighted by Gasteiger charge is 2.40. The first-order valence-corrected chi connectivity index (χ1v) is 8.07. The van der Waals surface area contributed by atoms with Gasteiger partial charge in [0.15, 0.2) is 0 Å². The van der Waals surface area contributed by atoms with Crippen LogP contribution >= 0.6 is 0 Å². The first kappa shape index (κ1) is 14.6. The number of rotatable bonds is 2. The Hall–Kier alpha value is -1.30. The van der Waals surface area contributed by atoms with Crippen molar-refractivity contribution in [1.82, 2.24) is 14.7 Å². The number of urea groups is 1. The summed E-state index contributed by atoms with van der Waals surface area (Å²) < 4.78 is 0. The molecule has 21 heavy (non-hydrogen) atoms. The van der Waals surface area contributed by atoms with Crippen molar-refractivity contribution in [2.75, 3.05) is 39.3 Å². The maximum Gasteiger partial charge on any atom is 0.320 e. The van der Waals surface area contributed by atoms with Crippen molar-refractivity contribution in [2.45, 2.75) is 32.2 Å². The summed E-state index contributed by atoms with van der Waals surface area (Å²) in [7, 11) is 0. The Bertz CT molecular complexity index is 422. The van der Waals surface area contributed by atoms with Crippen LogP contribution in [0.4, 0.5) is 4.79 Å². The molecule has 3 heterocycles. The van der Waals surface area contributed by atoms with E-state index in [1.807, 2.05) is 9.80 Å². The number of carboxylic acids is 1. The number of amides is 2. The fourth-order valence-electron chi connectivity index (χ4n) is 3.72. The Morgan fingerprint density at radius 3 is 2.52 bits per heavy atom. The van der Waals surface area contributed by atoms with Crippen LogP contribution in [0.5, 0.6) is 0 Å². The second kappa shape index (κ2) is 5.83. The van der Waals surface area contributed by atoms with Crippen LogP contribution in [0.15, 0.2) is 0 Å². The lowest BCUT2D eigenvalue weighted by Crippen LogP contribution is -2.62. The standard InChI is InChI=1S/C15H25N3O3/c1-11(14(19)20)12-8-18(9-12)15(21)17-7-6-16-5-3-2-4-13(16)10-17/h11-13H,2-10H2,1H3,(H,19,20). The zero-order valence-electron chi connectivity index (χ0n) is 12.7. The summed E-state index contributed by atoms with van der Waals surface area (Å²) >= 11 is 0. The molecule has 3 rings (SSSR count). The predicted molar refractivity (Wildman–Crippen MR) is 78.0 cm³/mol. The number of piperidine rings is 1. The second-order valence-corrected chi connectivity index (χ2v) is 6.71. The number of carboxylic acid groups (broad SMARTS) is 1. The summed E-state index contributed by atoms with van der Waals surface area (Å²) in [4.78, 5) is 29.7. The maximum atomic E-state index is 12.5. The average Bonchev–Trinajstić information content (AvgIpc) is 2.44. The Balaban J connectivity index is 1.50. The molecule has 6 nitrogen and oxygen atoms in total. The molecular weight excluding hydrogens is 270 g/mol. The van der Waals surface area contributed by atoms with Crippen molar-refractivity contribution < 1.29 is 14.7 Å². The molecule has 0 spiro atoms. The number of likely N-dealkylation sites (tertiary alicyclic amines) is 1. The van der Waals surface area contributed by atoms with Crippen molar-refractivity contribution >= 4 is 12.0 Å². The minimum atomic E-state index is -0.761. The highest BCUT2D eigenvalue weighted by atomic mass is 16.4. The third kappa shape index (κ3) is 2.86. The van der Waals surface area contributed by atoms with Gasteiger partial charge >= 0.3 is 12.0 Å². The van der Waals surface area contributed by atoms with Gasteiger partial charge in [0.05, 0.1) is 5.92 Å². The molecule has 2 amide bonds. The molecule has 2 atom stereocenters. The minimum absolute atomic E-state index is 0.106. The highest BCUT2D eigenvalue weighted by molar-refractivity contribution is 5.76. The van der Waals surface area contributed by atoms with E-state index in [1.165, 1.54) is 25.8 Å². The predicted octanol–water partition coefficient (Wildman–Crippen LogP) is 0.929. The molecule has 0 bridgehead atoms. The maximum absolute atomic E-state index is 12.5. The van der Waals surface area contributed by atoms with E-state index >= 15 is 0 Å². The van der Waals surface area contributed by atoms with Gasteiger partial charge in [-0.3, -0.25) is 9.69 Å². The number of piperazine rings is 1. The molecule has 3 saturated heterocycles. The van der Waals surface area contributed by atoms with Gasteiger partial charge in [-0.05, 0) is 19.4 Å². The summed E-state index contributed by atoms with van der Waals surface area (Å²) in [5, 5.41) is 9.00. The lowest BCUT2D eigenvalue weighted by Gasteiger charge is -2.48. The number of fused-ring (bicyclic) bond motifs is 1. The molecule has 1 N–H and O–H groups in total. The monoisotopic (exact) mass is 295 g/mol. The third-order valence-electron chi connectivity index (χ3n) is 5.38. The van der Waals surface area contributed by atoms with E-state index in [-0.39, 0.29) is 17.9 Å². The Morgan fingerprint density at radius 2 is 1.81 bits per heavy atom. The Labute approximate surface area is 125 Å². The van der Waals surface area contributed by atoms with Crippen LogP contribution in [0.1, 0.15) is 26.2 Å². The summed E-state index contributed by atoms with van der Waals surface area (Å²) in [5.41, 5.74) is 0. The SMILES string of the molecule is CC(C(=O)O)C1CN(C(=O)N2CCN3CCCCC3C2)C1. The molecule has 6 heteroatoms. The lowest BCUT2D eigenvalue weighted by atomic mass is 9.87. The van der Waals surface area contributed by atoms with E-state index in [0.717, 1.165) is 19.6 Å². The zero-order valence-corrected chi connectivity index (χ0v) is 12.7. The number of carbonyl (C=O) groups is 2. The van der Waals surface area contributed by atoms with Crippen molar-refractivity contribution in [3.05, 3.63) is 0 Å². The van der Waals surface area contributed by atoms with Gasteiger partial charge in [-0.2, -0.15) is 0 Å². The number of nitrogens with zero attached hydrogens (tertiary/aromatic N) is 3. The molecule has 0 radical (unpaired) electrons. The first-order chi connectivity index (χ1) is 10.1. The van der Waals surface area contributed by atoms with Crippen molar-refractivity contribution in [3.63, 3.8) is 0 Å². The van der Waals surface area contributed by atoms with Crippen LogP contribution in [-0.2, 0) is 4.79 Å². The number of hydrogen-bond acceptors (Lipinski definition) is 3. The van der Waals surface area contributed by atoms with Crippen LogP contribution in [0, 0.1) is 11.8 Å². The molecule has 0 saturated carbocycles. The van der Waals surface area contributed by atoms with Crippen molar-refractivity contribution in [1.29, 1.82) is 0 Å². The van der Waals surface area contributed by atoms with Gasteiger partial charge in [-0.1, -0.05) is 13.3 Å². The van der Waals surface area contributed by atoms with E-state index in [1.54, 1.807) is 6.92 Å². The summed E-state index contributed by atoms with van der Waals surface area (Å²) in [6.45, 7) is 6.73. The molecule has 3 aliphatic rings. The molecule has 3 fully saturated rings. The molecular formula is C15H25N3O3. The van der Waals surface area contributed by atoms with Gasteiger partial charge in [-0.25, -0.2) is 4.79 Å². The van der Waals surface area contributed by atoms with E-state index < -0.39 is 5.97 Å². The Kier molecular flexibility index (Phi) is 4.06. The van der Waals surface area contributed by atoms with Gasteiger partial charge in [0.25, 0.3) is 0 Å². The fraction of sp³-hybridized carbons (Fsp3) is 0.867. The van der Waals surface area contributed by atoms with E-state index in [2.05, 4.69) is 4.90 Å². The summed E-state index contributed by atoms with van der Waals surface area (Å²) in [5.74, 6) is -1.01. The Morgan fingerprint density at radius 1 is 1.05 bits per heavy atom. The van der Waals surface area contributed by atoms with Gasteiger partial charge in [0, 0.05) is 44.7 Å². The molecule has 0 aromatic heterocycles. The number of aliphatic carboxylic acids is 1. The zero-order chi connectivity index (χ0) is 15.0. The van der Waals surface area contributed by atoms with Crippen LogP contribution in [0.3, 0.4) is 0 Å². The van der Waals surface area contributed by atoms with Crippen molar-refractivity contribution in [2.24, 2.45) is 11.8 Å². The molecule has 0 aromatic rings. The lowest BCUT2D eigenvalue weighted by molar-refractivity contribution is -0.145. The van der Waals surface area contributed by atoms with Crippen LogP contribution in [0.25, 0.3) is 0 Å². The quantitative estimate of drug-likeness (QED) is 0.823. The summed E-state index contributed by atoms with van der Waals surface area (Å²) in [6, 6.07) is 0.639. The van der Waals surface area contributed by atoms with Crippen LogP contribution in [-0.4, -0.2) is 77.1 Å². The first-order valence-electron chi connectivity index (χ1n) is 8.07. The van der Waals surface area contributed by atoms with E-state index in [4.69, 9.17) is 5.11 Å². The molecule has 0 aliphatic carbocycles. The highest BCUT2D eigenvalue weighted by Crippen LogP contribution is 2.27. The number of hydrogen-bond donors (Lipinski definition) is 1. The van der Waals surface area contributed by atoms with Crippen LogP contribution < -0.4 is 0 Å². The normalized spacial score (nSPS) is 28.7. The molecule has 118 valence electrons. The molecule has 0 aromatic carbocycles. The smallest absolute Gasteiger partial charge is 0.320 e. The third-order valence-corrected chi connectivity index (χ3v) is 5.38. The fourth-order valence-corrected chi connectivity index (χ4v) is 3.72. The topological polar surface area (TPSA) is 64.1 Å². The van der Waals surface area contributed by atoms with E-state index in [0.29, 0.717) is 19.1 Å². The van der Waals surface area contributed by atoms with Crippen molar-refractivity contribution in [3.8, 4) is 0 Å². The average molecular weight is 295 g/mol. The molecule has 3 aliphatic heterocycles. The summed E-state index contributed by atoms with van der Waals surface area (Å²) in [6.07, 6.45) is 3.75. The van der Waals surface area contributed by atoms with Gasteiger partial charge in [0.1, 0.15) is 0 Å². The largest absolute Gasteiger partial charge is 0.481 e. The van der Waals surface area contributed by atoms with Gasteiger partial charge in [-0.15, -0.1) is 0 Å². The van der Waals surface area contributed by atoms with Gasteiger partial charge < -0.3 is 14.9 Å². The molecule has 2 unspecified atom stereocenters. The second-order valence-electron chi connectivity index (χ2n) is 6.71. The van der Waals surface area contributed by atoms with Crippen LogP contribution in [0.2, 0.25) is 0 Å². The van der Waals surface area contributed by atoms with Gasteiger partial charge in [0.2, 0.25) is 0 Å². The minimum Gasteiger partial charge on any atom is -0.481 e.